The van der Waals surface area contributed by atoms with Gasteiger partial charge in [-0.1, -0.05) is 29.1 Å². The first-order chi connectivity index (χ1) is 13.1. The third-order valence-electron chi connectivity index (χ3n) is 3.82. The van der Waals surface area contributed by atoms with Gasteiger partial charge in [0.1, 0.15) is 40.6 Å². The number of thioether (sulfide) groups is 1. The number of aliphatic hydroxyl groups is 4. The van der Waals surface area contributed by atoms with Gasteiger partial charge in [-0.05, 0) is 17.7 Å². The number of methoxy groups -OCH3 is 1. The van der Waals surface area contributed by atoms with Crippen LogP contribution in [0.3, 0.4) is 0 Å². The molecule has 1 aliphatic heterocycles. The van der Waals surface area contributed by atoms with Gasteiger partial charge in [0.2, 0.25) is 0 Å². The molecule has 1 heterocycles. The molecule has 158 valence electrons. The maximum atomic E-state index is 10.8. The second-order valence-corrected chi connectivity index (χ2v) is 8.01. The molecule has 1 aliphatic rings. The van der Waals surface area contributed by atoms with E-state index in [0.717, 1.165) is 0 Å². The van der Waals surface area contributed by atoms with Crippen molar-refractivity contribution in [2.45, 2.75) is 36.3 Å². The Morgan fingerprint density at radius 2 is 1.96 bits per heavy atom. The Bertz CT molecular complexity index is 785. The number of nitrogens with zero attached hydrogens (tertiary/aromatic N) is 1. The van der Waals surface area contributed by atoms with Crippen molar-refractivity contribution < 1.29 is 47.2 Å². The van der Waals surface area contributed by atoms with Crippen molar-refractivity contribution in [1.82, 2.24) is 0 Å². The van der Waals surface area contributed by atoms with E-state index in [-0.39, 0.29) is 11.5 Å². The fourth-order valence-corrected chi connectivity index (χ4v) is 3.77. The SMILES string of the molecule is COc1cccc(CC(=NOS(=O)(=O)O)S[C@@H]2OC(CO)[C@@H](O)[C@H](O)C2O)c1. The molecule has 0 bridgehead atoms. The first-order valence-electron chi connectivity index (χ1n) is 7.97. The van der Waals surface area contributed by atoms with Gasteiger partial charge in [0.15, 0.2) is 0 Å². The first-order valence-corrected chi connectivity index (χ1v) is 10.2. The van der Waals surface area contributed by atoms with E-state index in [1.807, 2.05) is 0 Å². The molecule has 0 amide bonds. The highest BCUT2D eigenvalue weighted by atomic mass is 32.3. The molecule has 5 atom stereocenters. The van der Waals surface area contributed by atoms with E-state index in [1.54, 1.807) is 24.3 Å². The van der Waals surface area contributed by atoms with Crippen molar-refractivity contribution in [2.75, 3.05) is 13.7 Å². The molecule has 0 aliphatic carbocycles. The third-order valence-corrected chi connectivity index (χ3v) is 5.20. The fourth-order valence-electron chi connectivity index (χ4n) is 2.44. The Hall–Kier alpha value is -1.45. The topological polar surface area (TPSA) is 175 Å². The predicted octanol–water partition coefficient (Wildman–Crippen LogP) is -1.10. The summed E-state index contributed by atoms with van der Waals surface area (Å²) in [4.78, 5) is 0. The summed E-state index contributed by atoms with van der Waals surface area (Å²) in [5, 5.41) is 42.4. The van der Waals surface area contributed by atoms with Crippen LogP contribution in [-0.4, -0.2) is 82.0 Å². The molecule has 2 rings (SSSR count). The number of aliphatic hydroxyl groups excluding tert-OH is 4. The summed E-state index contributed by atoms with van der Waals surface area (Å²) < 4.78 is 45.0. The van der Waals surface area contributed by atoms with Gasteiger partial charge in [0, 0.05) is 6.42 Å². The van der Waals surface area contributed by atoms with Gasteiger partial charge in [0.05, 0.1) is 13.7 Å². The van der Waals surface area contributed by atoms with Gasteiger partial charge >= 0.3 is 10.4 Å². The van der Waals surface area contributed by atoms with Crippen LogP contribution in [0.15, 0.2) is 29.4 Å². The lowest BCUT2D eigenvalue weighted by atomic mass is 10.0. The number of ether oxygens (including phenoxy) is 2. The molecule has 0 spiro atoms. The maximum Gasteiger partial charge on any atom is 0.466 e. The van der Waals surface area contributed by atoms with Crippen molar-refractivity contribution in [3.8, 4) is 5.75 Å². The largest absolute Gasteiger partial charge is 0.497 e. The molecule has 13 heteroatoms. The minimum atomic E-state index is -4.87. The summed E-state index contributed by atoms with van der Waals surface area (Å²) in [5.74, 6) is 0.533. The predicted molar refractivity (Wildman–Crippen MR) is 98.1 cm³/mol. The van der Waals surface area contributed by atoms with E-state index in [9.17, 15) is 28.8 Å². The van der Waals surface area contributed by atoms with Gasteiger partial charge in [-0.25, -0.2) is 4.28 Å². The van der Waals surface area contributed by atoms with E-state index >= 15 is 0 Å². The minimum Gasteiger partial charge on any atom is -0.497 e. The van der Waals surface area contributed by atoms with E-state index in [1.165, 1.54) is 7.11 Å². The molecular formula is C15H21NO10S2. The van der Waals surface area contributed by atoms with Gasteiger partial charge < -0.3 is 29.9 Å². The van der Waals surface area contributed by atoms with E-state index in [4.69, 9.17) is 14.0 Å². The molecule has 0 radical (unpaired) electrons. The van der Waals surface area contributed by atoms with Crippen molar-refractivity contribution in [3.63, 3.8) is 0 Å². The van der Waals surface area contributed by atoms with Crippen LogP contribution in [-0.2, 0) is 25.8 Å². The summed E-state index contributed by atoms with van der Waals surface area (Å²) in [6.45, 7) is -0.619. The van der Waals surface area contributed by atoms with Crippen LogP contribution in [0.4, 0.5) is 0 Å². The Balaban J connectivity index is 2.23. The monoisotopic (exact) mass is 439 g/mol. The Labute approximate surface area is 165 Å². The highest BCUT2D eigenvalue weighted by molar-refractivity contribution is 8.14. The summed E-state index contributed by atoms with van der Waals surface area (Å²) in [5.41, 5.74) is -0.570. The molecule has 1 saturated heterocycles. The van der Waals surface area contributed by atoms with Crippen LogP contribution in [0.1, 0.15) is 5.56 Å². The zero-order chi connectivity index (χ0) is 20.9. The van der Waals surface area contributed by atoms with Crippen molar-refractivity contribution in [1.29, 1.82) is 0 Å². The van der Waals surface area contributed by atoms with Gasteiger partial charge in [0.25, 0.3) is 0 Å². The summed E-state index contributed by atoms with van der Waals surface area (Å²) in [7, 11) is -3.40. The zero-order valence-electron chi connectivity index (χ0n) is 14.7. The second kappa shape index (κ2) is 9.84. The van der Waals surface area contributed by atoms with E-state index in [2.05, 4.69) is 9.44 Å². The molecule has 1 aromatic carbocycles. The highest BCUT2D eigenvalue weighted by Crippen LogP contribution is 2.30. The van der Waals surface area contributed by atoms with E-state index < -0.39 is 46.9 Å². The number of hydrogen-bond donors (Lipinski definition) is 5. The average Bonchev–Trinajstić information content (AvgIpc) is 2.66. The van der Waals surface area contributed by atoms with Crippen LogP contribution < -0.4 is 4.74 Å². The lowest BCUT2D eigenvalue weighted by Gasteiger charge is -2.39. The zero-order valence-corrected chi connectivity index (χ0v) is 16.3. The molecule has 28 heavy (non-hydrogen) atoms. The quantitative estimate of drug-likeness (QED) is 0.151. The molecular weight excluding hydrogens is 418 g/mol. The highest BCUT2D eigenvalue weighted by Gasteiger charge is 2.44. The van der Waals surface area contributed by atoms with Crippen LogP contribution >= 0.6 is 11.8 Å². The maximum absolute atomic E-state index is 10.8. The van der Waals surface area contributed by atoms with Gasteiger partial charge in [-0.15, -0.1) is 0 Å². The van der Waals surface area contributed by atoms with Crippen molar-refractivity contribution in [2.24, 2.45) is 5.16 Å². The lowest BCUT2D eigenvalue weighted by Crippen LogP contribution is -2.57. The summed E-state index contributed by atoms with van der Waals surface area (Å²) >= 11 is 0.702. The molecule has 0 saturated carbocycles. The number of rotatable bonds is 7. The van der Waals surface area contributed by atoms with E-state index in [0.29, 0.717) is 23.1 Å². The lowest BCUT2D eigenvalue weighted by molar-refractivity contribution is -0.205. The smallest absolute Gasteiger partial charge is 0.466 e. The Morgan fingerprint density at radius 3 is 2.57 bits per heavy atom. The normalized spacial score (nSPS) is 28.8. The molecule has 1 aromatic rings. The Morgan fingerprint density at radius 1 is 1.25 bits per heavy atom. The number of oxime groups is 1. The summed E-state index contributed by atoms with van der Waals surface area (Å²) in [6.07, 6.45) is -5.85. The van der Waals surface area contributed by atoms with Crippen LogP contribution in [0.25, 0.3) is 0 Å². The molecule has 1 fully saturated rings. The first kappa shape index (κ1) is 22.8. The van der Waals surface area contributed by atoms with Crippen molar-refractivity contribution >= 4 is 27.2 Å². The summed E-state index contributed by atoms with van der Waals surface area (Å²) in [6, 6.07) is 6.73. The standard InChI is InChI=1S/C15H21NO10S2/c1-24-9-4-2-3-8(5-9)6-11(16-26-28(21,22)23)27-15-14(20)13(19)12(18)10(7-17)25-15/h2-5,10,12-15,17-20H,6-7H2,1H3,(H,21,22,23)/t10?,12-,13+,14?,15+/m1/s1. The molecule has 11 nitrogen and oxygen atoms in total. The van der Waals surface area contributed by atoms with Crippen LogP contribution in [0.5, 0.6) is 5.75 Å². The third kappa shape index (κ3) is 6.28. The van der Waals surface area contributed by atoms with Crippen LogP contribution in [0.2, 0.25) is 0 Å². The molecule has 2 unspecified atom stereocenters. The number of benzene rings is 1. The van der Waals surface area contributed by atoms with Crippen LogP contribution in [0, 0.1) is 0 Å². The van der Waals surface area contributed by atoms with Crippen molar-refractivity contribution in [3.05, 3.63) is 29.8 Å². The molecule has 5 N–H and O–H groups in total. The average molecular weight is 439 g/mol. The minimum absolute atomic E-state index is 0.00636. The van der Waals surface area contributed by atoms with Gasteiger partial charge in [-0.3, -0.25) is 4.55 Å². The molecule has 0 aromatic heterocycles. The Kier molecular flexibility index (Phi) is 8.03. The second-order valence-electron chi connectivity index (χ2n) is 5.83. The number of hydrogen-bond acceptors (Lipinski definition) is 11. The fraction of sp³-hybridized carbons (Fsp3) is 0.533. The van der Waals surface area contributed by atoms with Gasteiger partial charge in [-0.2, -0.15) is 8.42 Å².